The molecule has 0 spiro atoms. The Balaban J connectivity index is 1.36. The van der Waals surface area contributed by atoms with Crippen molar-refractivity contribution in [3.63, 3.8) is 0 Å². The number of phenolic OH excluding ortho intramolecular Hbond substituents is 1. The third-order valence-corrected chi connectivity index (χ3v) is 5.39. The van der Waals surface area contributed by atoms with Crippen LogP contribution in [0, 0.1) is 0 Å². The van der Waals surface area contributed by atoms with Crippen LogP contribution in [0.2, 0.25) is 0 Å². The summed E-state index contributed by atoms with van der Waals surface area (Å²) in [5, 5.41) is 10.2. The van der Waals surface area contributed by atoms with Crippen LogP contribution in [-0.4, -0.2) is 123 Å². The molecule has 2 aromatic rings. The SMILES string of the molecule is COCCOCCOCCOCCOCCOCCOCCOC(=O)COc1ccc(C(=O)c2ccccc2)c(O)c1. The van der Waals surface area contributed by atoms with Gasteiger partial charge in [0.25, 0.3) is 0 Å². The molecule has 0 saturated heterocycles. The lowest BCUT2D eigenvalue weighted by Crippen LogP contribution is -2.18. The second-order valence-corrected chi connectivity index (χ2v) is 8.55. The molecule has 0 aliphatic rings. The number of methoxy groups -OCH3 is 1. The van der Waals surface area contributed by atoms with Crippen molar-refractivity contribution in [2.24, 2.45) is 0 Å². The highest BCUT2D eigenvalue weighted by molar-refractivity contribution is 6.10. The molecule has 12 nitrogen and oxygen atoms in total. The quantitative estimate of drug-likeness (QED) is 0.0972. The van der Waals surface area contributed by atoms with Crippen LogP contribution in [0.1, 0.15) is 15.9 Å². The van der Waals surface area contributed by atoms with E-state index in [1.807, 2.05) is 0 Å². The third-order valence-electron chi connectivity index (χ3n) is 5.39. The van der Waals surface area contributed by atoms with Gasteiger partial charge in [0.05, 0.1) is 91.5 Å². The molecule has 234 valence electrons. The van der Waals surface area contributed by atoms with Gasteiger partial charge in [-0.2, -0.15) is 0 Å². The lowest BCUT2D eigenvalue weighted by atomic mass is 10.0. The van der Waals surface area contributed by atoms with Crippen molar-refractivity contribution in [2.75, 3.05) is 106 Å². The van der Waals surface area contributed by atoms with E-state index in [-0.39, 0.29) is 42.7 Å². The molecule has 1 N–H and O–H groups in total. The molecular formula is C30H42O12. The maximum absolute atomic E-state index is 12.5. The van der Waals surface area contributed by atoms with E-state index >= 15 is 0 Å². The van der Waals surface area contributed by atoms with E-state index < -0.39 is 5.97 Å². The van der Waals surface area contributed by atoms with Gasteiger partial charge in [-0.1, -0.05) is 30.3 Å². The number of rotatable bonds is 26. The van der Waals surface area contributed by atoms with Gasteiger partial charge in [-0.15, -0.1) is 0 Å². The van der Waals surface area contributed by atoms with Gasteiger partial charge in [0.15, 0.2) is 12.4 Å². The van der Waals surface area contributed by atoms with E-state index in [2.05, 4.69) is 0 Å². The number of hydrogen-bond acceptors (Lipinski definition) is 12. The number of carbonyl (C=O) groups excluding carboxylic acids is 2. The summed E-state index contributed by atoms with van der Waals surface area (Å²) in [6.45, 7) is 5.67. The summed E-state index contributed by atoms with van der Waals surface area (Å²) in [7, 11) is 1.63. The Labute approximate surface area is 246 Å². The lowest BCUT2D eigenvalue weighted by Gasteiger charge is -2.10. The fourth-order valence-corrected chi connectivity index (χ4v) is 3.28. The summed E-state index contributed by atoms with van der Waals surface area (Å²) in [5.74, 6) is -0.899. The van der Waals surface area contributed by atoms with Crippen molar-refractivity contribution in [1.29, 1.82) is 0 Å². The molecule has 0 radical (unpaired) electrons. The Bertz CT molecular complexity index is 986. The number of aromatic hydroxyl groups is 1. The maximum atomic E-state index is 12.5. The molecule has 0 aromatic heterocycles. The first-order chi connectivity index (χ1) is 20.6. The highest BCUT2D eigenvalue weighted by Crippen LogP contribution is 2.26. The fourth-order valence-electron chi connectivity index (χ4n) is 3.28. The number of carbonyl (C=O) groups is 2. The Hall–Kier alpha value is -3.10. The fraction of sp³-hybridized carbons (Fsp3) is 0.533. The van der Waals surface area contributed by atoms with E-state index in [0.29, 0.717) is 84.8 Å². The number of hydrogen-bond donors (Lipinski definition) is 1. The van der Waals surface area contributed by atoms with Crippen molar-refractivity contribution >= 4 is 11.8 Å². The molecule has 0 saturated carbocycles. The van der Waals surface area contributed by atoms with E-state index in [0.717, 1.165) is 0 Å². The minimum atomic E-state index is -0.587. The first-order valence-corrected chi connectivity index (χ1v) is 13.8. The van der Waals surface area contributed by atoms with Crippen LogP contribution in [0.3, 0.4) is 0 Å². The van der Waals surface area contributed by atoms with Gasteiger partial charge in [0.2, 0.25) is 0 Å². The Kier molecular flexibility index (Phi) is 19.6. The molecule has 2 aromatic carbocycles. The monoisotopic (exact) mass is 594 g/mol. The largest absolute Gasteiger partial charge is 0.507 e. The topological polar surface area (TPSA) is 137 Å². The van der Waals surface area contributed by atoms with Gasteiger partial charge < -0.3 is 47.7 Å². The van der Waals surface area contributed by atoms with Crippen LogP contribution in [0.5, 0.6) is 11.5 Å². The zero-order chi connectivity index (χ0) is 30.1. The normalized spacial score (nSPS) is 11.0. The van der Waals surface area contributed by atoms with E-state index in [1.54, 1.807) is 37.4 Å². The van der Waals surface area contributed by atoms with Gasteiger partial charge in [-0.05, 0) is 12.1 Å². The van der Waals surface area contributed by atoms with Crippen molar-refractivity contribution in [1.82, 2.24) is 0 Å². The van der Waals surface area contributed by atoms with Crippen molar-refractivity contribution in [2.45, 2.75) is 0 Å². The van der Waals surface area contributed by atoms with Crippen LogP contribution in [-0.2, 0) is 42.7 Å². The molecule has 0 atom stereocenters. The third kappa shape index (κ3) is 16.4. The van der Waals surface area contributed by atoms with Crippen LogP contribution in [0.25, 0.3) is 0 Å². The zero-order valence-electron chi connectivity index (χ0n) is 24.2. The van der Waals surface area contributed by atoms with Crippen LogP contribution in [0.4, 0.5) is 0 Å². The number of phenols is 1. The Morgan fingerprint density at radius 1 is 0.619 bits per heavy atom. The maximum Gasteiger partial charge on any atom is 0.344 e. The predicted molar refractivity (Wildman–Crippen MR) is 151 cm³/mol. The summed E-state index contributed by atoms with van der Waals surface area (Å²) in [5.41, 5.74) is 0.601. The predicted octanol–water partition coefficient (Wildman–Crippen LogP) is 2.29. The summed E-state index contributed by atoms with van der Waals surface area (Å²) < 4.78 is 47.5. The zero-order valence-corrected chi connectivity index (χ0v) is 24.2. The molecule has 0 fully saturated rings. The highest BCUT2D eigenvalue weighted by Gasteiger charge is 2.14. The number of ketones is 1. The Morgan fingerprint density at radius 2 is 1.10 bits per heavy atom. The lowest BCUT2D eigenvalue weighted by molar-refractivity contribution is -0.147. The summed E-state index contributed by atoms with van der Waals surface area (Å²) in [6.07, 6.45) is 0. The molecule has 0 heterocycles. The van der Waals surface area contributed by atoms with Gasteiger partial charge in [-0.25, -0.2) is 4.79 Å². The van der Waals surface area contributed by atoms with Crippen molar-refractivity contribution in [3.05, 3.63) is 59.7 Å². The number of ether oxygens (including phenoxy) is 9. The van der Waals surface area contributed by atoms with Crippen LogP contribution < -0.4 is 4.74 Å². The van der Waals surface area contributed by atoms with Crippen molar-refractivity contribution < 1.29 is 57.3 Å². The average molecular weight is 595 g/mol. The second-order valence-electron chi connectivity index (χ2n) is 8.55. The molecule has 0 amide bonds. The minimum absolute atomic E-state index is 0.0638. The van der Waals surface area contributed by atoms with Gasteiger partial charge in [0, 0.05) is 18.7 Å². The summed E-state index contributed by atoms with van der Waals surface area (Å²) in [6, 6.07) is 12.9. The summed E-state index contributed by atoms with van der Waals surface area (Å²) in [4.78, 5) is 24.4. The Morgan fingerprint density at radius 3 is 1.57 bits per heavy atom. The second kappa shape index (κ2) is 23.5. The first-order valence-electron chi connectivity index (χ1n) is 13.8. The van der Waals surface area contributed by atoms with Crippen molar-refractivity contribution in [3.8, 4) is 11.5 Å². The standard InChI is InChI=1S/C30H42O12/c1-34-9-10-35-11-12-36-13-14-37-15-16-38-17-18-39-19-20-40-21-22-41-29(32)24-42-26-7-8-27(28(31)23-26)30(33)25-5-3-2-4-6-25/h2-8,23,31H,9-22,24H2,1H3. The van der Waals surface area contributed by atoms with Crippen LogP contribution in [0.15, 0.2) is 48.5 Å². The molecule has 12 heteroatoms. The molecule has 0 unspecified atom stereocenters. The number of esters is 1. The van der Waals surface area contributed by atoms with Crippen LogP contribution >= 0.6 is 0 Å². The molecule has 0 bridgehead atoms. The average Bonchev–Trinajstić information content (AvgIpc) is 3.01. The first kappa shape index (κ1) is 35.1. The van der Waals surface area contributed by atoms with E-state index in [9.17, 15) is 14.7 Å². The molecule has 0 aliphatic carbocycles. The van der Waals surface area contributed by atoms with Gasteiger partial charge in [-0.3, -0.25) is 4.79 Å². The summed E-state index contributed by atoms with van der Waals surface area (Å²) >= 11 is 0. The number of benzene rings is 2. The van der Waals surface area contributed by atoms with E-state index in [4.69, 9.17) is 42.6 Å². The molecule has 0 aliphatic heterocycles. The molecule has 42 heavy (non-hydrogen) atoms. The minimum Gasteiger partial charge on any atom is -0.507 e. The smallest absolute Gasteiger partial charge is 0.344 e. The van der Waals surface area contributed by atoms with Gasteiger partial charge >= 0.3 is 5.97 Å². The van der Waals surface area contributed by atoms with E-state index in [1.165, 1.54) is 18.2 Å². The highest BCUT2D eigenvalue weighted by atomic mass is 16.6. The molecule has 2 rings (SSSR count). The molecular weight excluding hydrogens is 552 g/mol. The van der Waals surface area contributed by atoms with Gasteiger partial charge in [0.1, 0.15) is 18.1 Å².